The normalized spacial score (nSPS) is 27.8. The molecule has 1 N–H and O–H groups in total. The maximum atomic E-state index is 13.8. The average Bonchev–Trinajstić information content (AvgIpc) is 2.33. The first kappa shape index (κ1) is 14.3. The lowest BCUT2D eigenvalue weighted by molar-refractivity contribution is -0.133. The third kappa shape index (κ3) is 2.77. The monoisotopic (exact) mass is 273 g/mol. The van der Waals surface area contributed by atoms with Gasteiger partial charge in [0, 0.05) is 24.7 Å². The number of nitrogens with one attached hydrogen (secondary N) is 1. The van der Waals surface area contributed by atoms with Crippen LogP contribution >= 0.6 is 0 Å². The summed E-state index contributed by atoms with van der Waals surface area (Å²) in [6.07, 6.45) is -0.615. The van der Waals surface area contributed by atoms with Gasteiger partial charge in [0.2, 0.25) is 0 Å². The van der Waals surface area contributed by atoms with Crippen molar-refractivity contribution in [3.8, 4) is 0 Å². The Labute approximate surface area is 111 Å². The quantitative estimate of drug-likeness (QED) is 0.836. The van der Waals surface area contributed by atoms with Gasteiger partial charge in [0.1, 0.15) is 5.82 Å². The minimum atomic E-state index is -1.18. The molecule has 1 saturated heterocycles. The SMILES string of the molecule is CC(C)C1(C)CNCC(c2cc(F)c(F)cc2F)O1. The van der Waals surface area contributed by atoms with Gasteiger partial charge in [0.25, 0.3) is 0 Å². The zero-order valence-corrected chi connectivity index (χ0v) is 11.3. The van der Waals surface area contributed by atoms with E-state index in [9.17, 15) is 13.2 Å². The van der Waals surface area contributed by atoms with Crippen molar-refractivity contribution in [3.63, 3.8) is 0 Å². The molecule has 1 aromatic carbocycles. The van der Waals surface area contributed by atoms with E-state index in [1.807, 2.05) is 20.8 Å². The molecule has 0 amide bonds. The Morgan fingerprint density at radius 3 is 2.47 bits per heavy atom. The Kier molecular flexibility index (Phi) is 3.87. The van der Waals surface area contributed by atoms with Gasteiger partial charge < -0.3 is 10.1 Å². The van der Waals surface area contributed by atoms with Gasteiger partial charge >= 0.3 is 0 Å². The van der Waals surface area contributed by atoms with E-state index in [0.717, 1.165) is 6.07 Å². The fourth-order valence-corrected chi connectivity index (χ4v) is 2.16. The maximum Gasteiger partial charge on any atom is 0.161 e. The molecule has 0 bridgehead atoms. The number of morpholine rings is 1. The molecule has 0 aliphatic carbocycles. The molecule has 1 aliphatic rings. The standard InChI is InChI=1S/C14H18F3NO/c1-8(2)14(3)7-18-6-13(19-14)9-4-11(16)12(17)5-10(9)15/h4-5,8,13,18H,6-7H2,1-3H3. The molecule has 19 heavy (non-hydrogen) atoms. The van der Waals surface area contributed by atoms with Crippen molar-refractivity contribution in [1.29, 1.82) is 0 Å². The van der Waals surface area contributed by atoms with E-state index >= 15 is 0 Å². The Morgan fingerprint density at radius 1 is 1.21 bits per heavy atom. The lowest BCUT2D eigenvalue weighted by Gasteiger charge is -2.42. The summed E-state index contributed by atoms with van der Waals surface area (Å²) < 4.78 is 45.8. The van der Waals surface area contributed by atoms with E-state index in [0.29, 0.717) is 19.2 Å². The predicted molar refractivity (Wildman–Crippen MR) is 66.3 cm³/mol. The summed E-state index contributed by atoms with van der Waals surface area (Å²) in [6, 6.07) is 1.44. The lowest BCUT2D eigenvalue weighted by atomic mass is 9.89. The van der Waals surface area contributed by atoms with Gasteiger partial charge in [-0.1, -0.05) is 13.8 Å². The number of benzene rings is 1. The summed E-state index contributed by atoms with van der Waals surface area (Å²) in [5, 5.41) is 3.16. The summed E-state index contributed by atoms with van der Waals surface area (Å²) in [5.74, 6) is -2.80. The zero-order valence-electron chi connectivity index (χ0n) is 11.3. The largest absolute Gasteiger partial charge is 0.364 e. The predicted octanol–water partition coefficient (Wildman–Crippen LogP) is 3.18. The van der Waals surface area contributed by atoms with Crippen LogP contribution < -0.4 is 5.32 Å². The highest BCUT2D eigenvalue weighted by atomic mass is 19.2. The summed E-state index contributed by atoms with van der Waals surface area (Å²) in [5.41, 5.74) is -0.404. The summed E-state index contributed by atoms with van der Waals surface area (Å²) in [7, 11) is 0. The van der Waals surface area contributed by atoms with Crippen molar-refractivity contribution in [2.45, 2.75) is 32.5 Å². The molecular formula is C14H18F3NO. The Morgan fingerprint density at radius 2 is 1.84 bits per heavy atom. The van der Waals surface area contributed by atoms with Crippen LogP contribution in [0.1, 0.15) is 32.4 Å². The highest BCUT2D eigenvalue weighted by molar-refractivity contribution is 5.23. The molecule has 2 nitrogen and oxygen atoms in total. The summed E-state index contributed by atoms with van der Waals surface area (Å²) in [4.78, 5) is 0. The average molecular weight is 273 g/mol. The van der Waals surface area contributed by atoms with Crippen molar-refractivity contribution >= 4 is 0 Å². The van der Waals surface area contributed by atoms with E-state index < -0.39 is 29.2 Å². The molecule has 0 aromatic heterocycles. The Balaban J connectivity index is 2.30. The van der Waals surface area contributed by atoms with E-state index in [-0.39, 0.29) is 11.5 Å². The highest BCUT2D eigenvalue weighted by Gasteiger charge is 2.37. The molecular weight excluding hydrogens is 255 g/mol. The van der Waals surface area contributed by atoms with Gasteiger partial charge in [-0.05, 0) is 18.9 Å². The fourth-order valence-electron chi connectivity index (χ4n) is 2.16. The lowest BCUT2D eigenvalue weighted by Crippen LogP contribution is -2.52. The molecule has 1 heterocycles. The second kappa shape index (κ2) is 5.13. The first-order valence-corrected chi connectivity index (χ1v) is 6.36. The van der Waals surface area contributed by atoms with Crippen LogP contribution in [0.5, 0.6) is 0 Å². The van der Waals surface area contributed by atoms with Crippen molar-refractivity contribution in [2.24, 2.45) is 5.92 Å². The first-order valence-electron chi connectivity index (χ1n) is 6.36. The van der Waals surface area contributed by atoms with E-state index in [2.05, 4.69) is 5.32 Å². The van der Waals surface area contributed by atoms with Gasteiger partial charge in [-0.3, -0.25) is 0 Å². The molecule has 2 unspecified atom stereocenters. The van der Waals surface area contributed by atoms with Gasteiger partial charge in [0.15, 0.2) is 11.6 Å². The summed E-state index contributed by atoms with van der Waals surface area (Å²) >= 11 is 0. The number of ether oxygens (including phenoxy) is 1. The minimum absolute atomic E-state index is 0.0537. The smallest absolute Gasteiger partial charge is 0.161 e. The minimum Gasteiger partial charge on any atom is -0.364 e. The van der Waals surface area contributed by atoms with E-state index in [1.54, 1.807) is 0 Å². The zero-order chi connectivity index (χ0) is 14.2. The second-order valence-corrected chi connectivity index (χ2v) is 5.49. The van der Waals surface area contributed by atoms with Crippen LogP contribution in [0.25, 0.3) is 0 Å². The molecule has 106 valence electrons. The first-order chi connectivity index (χ1) is 8.83. The maximum absolute atomic E-state index is 13.8. The van der Waals surface area contributed by atoms with Crippen molar-refractivity contribution in [3.05, 3.63) is 35.1 Å². The van der Waals surface area contributed by atoms with Crippen LogP contribution in [-0.2, 0) is 4.74 Å². The summed E-state index contributed by atoms with van der Waals surface area (Å²) in [6.45, 7) is 6.96. The van der Waals surface area contributed by atoms with Crippen LogP contribution in [0.15, 0.2) is 12.1 Å². The van der Waals surface area contributed by atoms with E-state index in [4.69, 9.17) is 4.74 Å². The number of halogens is 3. The van der Waals surface area contributed by atoms with Gasteiger partial charge in [-0.15, -0.1) is 0 Å². The number of hydrogen-bond donors (Lipinski definition) is 1. The van der Waals surface area contributed by atoms with Crippen LogP contribution in [0.3, 0.4) is 0 Å². The molecule has 2 rings (SSSR count). The fraction of sp³-hybridized carbons (Fsp3) is 0.571. The van der Waals surface area contributed by atoms with Crippen molar-refractivity contribution < 1.29 is 17.9 Å². The topological polar surface area (TPSA) is 21.3 Å². The number of rotatable bonds is 2. The Hall–Kier alpha value is -1.07. The van der Waals surface area contributed by atoms with Crippen LogP contribution in [-0.4, -0.2) is 18.7 Å². The molecule has 0 spiro atoms. The molecule has 0 saturated carbocycles. The number of hydrogen-bond acceptors (Lipinski definition) is 2. The van der Waals surface area contributed by atoms with Gasteiger partial charge in [-0.25, -0.2) is 13.2 Å². The van der Waals surface area contributed by atoms with Gasteiger partial charge in [-0.2, -0.15) is 0 Å². The van der Waals surface area contributed by atoms with Crippen LogP contribution in [0.2, 0.25) is 0 Å². The van der Waals surface area contributed by atoms with Gasteiger partial charge in [0.05, 0.1) is 11.7 Å². The Bertz CT molecular complexity index is 478. The van der Waals surface area contributed by atoms with E-state index in [1.165, 1.54) is 0 Å². The van der Waals surface area contributed by atoms with Crippen molar-refractivity contribution in [2.75, 3.05) is 13.1 Å². The highest BCUT2D eigenvalue weighted by Crippen LogP contribution is 2.33. The molecule has 5 heteroatoms. The van der Waals surface area contributed by atoms with Crippen LogP contribution in [0.4, 0.5) is 13.2 Å². The third-order valence-electron chi connectivity index (χ3n) is 3.83. The molecule has 0 radical (unpaired) electrons. The molecule has 1 aliphatic heterocycles. The van der Waals surface area contributed by atoms with Crippen molar-refractivity contribution in [1.82, 2.24) is 5.32 Å². The molecule has 2 atom stereocenters. The second-order valence-electron chi connectivity index (χ2n) is 5.49. The van der Waals surface area contributed by atoms with Crippen LogP contribution in [0, 0.1) is 23.4 Å². The third-order valence-corrected chi connectivity index (χ3v) is 3.83. The molecule has 1 aromatic rings. The molecule has 1 fully saturated rings.